The topological polar surface area (TPSA) is 0 Å². The van der Waals surface area contributed by atoms with E-state index in [0.717, 1.165) is 0 Å². The van der Waals surface area contributed by atoms with E-state index in [0.29, 0.717) is 5.92 Å². The zero-order valence-electron chi connectivity index (χ0n) is 8.72. The summed E-state index contributed by atoms with van der Waals surface area (Å²) in [5, 5.41) is 0. The van der Waals surface area contributed by atoms with Crippen molar-refractivity contribution in [3.05, 3.63) is 35.1 Å². The summed E-state index contributed by atoms with van der Waals surface area (Å²) in [6.45, 7) is 2.09. The van der Waals surface area contributed by atoms with Gasteiger partial charge in [0.1, 0.15) is 5.82 Å². The second-order valence-electron chi connectivity index (χ2n) is 4.34. The molecule has 0 heterocycles. The Morgan fingerprint density at radius 3 is 2.57 bits per heavy atom. The van der Waals surface area contributed by atoms with E-state index in [-0.39, 0.29) is 5.82 Å². The van der Waals surface area contributed by atoms with Gasteiger partial charge in [-0.1, -0.05) is 25.3 Å². The Hall–Kier alpha value is -0.850. The fourth-order valence-electron chi connectivity index (χ4n) is 2.46. The molecule has 1 aromatic carbocycles. The summed E-state index contributed by atoms with van der Waals surface area (Å²) in [5.41, 5.74) is 2.49. The van der Waals surface area contributed by atoms with Crippen molar-refractivity contribution >= 4 is 0 Å². The fourth-order valence-corrected chi connectivity index (χ4v) is 2.46. The normalized spacial score (nSPS) is 18.4. The molecule has 0 radical (unpaired) electrons. The highest BCUT2D eigenvalue weighted by molar-refractivity contribution is 5.30. The summed E-state index contributed by atoms with van der Waals surface area (Å²) >= 11 is 0. The number of benzene rings is 1. The molecule has 1 aliphatic carbocycles. The summed E-state index contributed by atoms with van der Waals surface area (Å²) in [7, 11) is 0. The minimum atomic E-state index is -0.0869. The van der Waals surface area contributed by atoms with Crippen LogP contribution in [0.1, 0.15) is 49.1 Å². The van der Waals surface area contributed by atoms with Crippen molar-refractivity contribution < 1.29 is 4.39 Å². The Balaban J connectivity index is 2.24. The molecule has 14 heavy (non-hydrogen) atoms. The Labute approximate surface area is 85.1 Å². The largest absolute Gasteiger partial charge is 0.207 e. The van der Waals surface area contributed by atoms with Gasteiger partial charge in [0.15, 0.2) is 0 Å². The second-order valence-corrected chi connectivity index (χ2v) is 4.34. The number of rotatable bonds is 1. The third kappa shape index (κ3) is 1.97. The van der Waals surface area contributed by atoms with Crippen LogP contribution in [0, 0.1) is 12.7 Å². The molecular formula is C13H17F. The number of aryl methyl sites for hydroxylation is 1. The molecule has 1 saturated carbocycles. The van der Waals surface area contributed by atoms with Gasteiger partial charge in [-0.15, -0.1) is 0 Å². The second kappa shape index (κ2) is 4.12. The van der Waals surface area contributed by atoms with Gasteiger partial charge in [-0.3, -0.25) is 0 Å². The van der Waals surface area contributed by atoms with Gasteiger partial charge in [-0.2, -0.15) is 0 Å². The molecule has 1 aromatic rings. The van der Waals surface area contributed by atoms with Crippen LogP contribution in [0.3, 0.4) is 0 Å². The van der Waals surface area contributed by atoms with Gasteiger partial charge in [0, 0.05) is 0 Å². The maximum Gasteiger partial charge on any atom is 0.123 e. The summed E-state index contributed by atoms with van der Waals surface area (Å²) < 4.78 is 13.1. The van der Waals surface area contributed by atoms with E-state index in [4.69, 9.17) is 0 Å². The van der Waals surface area contributed by atoms with Crippen LogP contribution in [0.4, 0.5) is 4.39 Å². The monoisotopic (exact) mass is 192 g/mol. The molecule has 0 saturated heterocycles. The molecule has 0 aromatic heterocycles. The van der Waals surface area contributed by atoms with Crippen molar-refractivity contribution in [1.82, 2.24) is 0 Å². The Morgan fingerprint density at radius 1 is 1.14 bits per heavy atom. The third-order valence-electron chi connectivity index (χ3n) is 3.29. The minimum absolute atomic E-state index is 0.0869. The lowest BCUT2D eigenvalue weighted by Gasteiger charge is -2.23. The standard InChI is InChI=1S/C13H17F/c1-10-7-8-12(14)9-13(10)11-5-3-2-4-6-11/h7-9,11H,2-6H2,1H3. The molecule has 1 fully saturated rings. The van der Waals surface area contributed by atoms with Crippen LogP contribution in [-0.2, 0) is 0 Å². The maximum atomic E-state index is 13.1. The molecule has 0 nitrogen and oxygen atoms in total. The van der Waals surface area contributed by atoms with Gasteiger partial charge in [0.25, 0.3) is 0 Å². The van der Waals surface area contributed by atoms with Crippen LogP contribution in [0.25, 0.3) is 0 Å². The number of hydrogen-bond donors (Lipinski definition) is 0. The van der Waals surface area contributed by atoms with Crippen LogP contribution in [0.15, 0.2) is 18.2 Å². The van der Waals surface area contributed by atoms with Gasteiger partial charge in [-0.25, -0.2) is 4.39 Å². The van der Waals surface area contributed by atoms with Crippen molar-refractivity contribution in [1.29, 1.82) is 0 Å². The van der Waals surface area contributed by atoms with E-state index in [1.165, 1.54) is 43.2 Å². The van der Waals surface area contributed by atoms with Crippen LogP contribution < -0.4 is 0 Å². The van der Waals surface area contributed by atoms with Crippen LogP contribution in [0.5, 0.6) is 0 Å². The Bertz CT molecular complexity index is 311. The molecule has 1 aliphatic rings. The fraction of sp³-hybridized carbons (Fsp3) is 0.538. The predicted octanol–water partition coefficient (Wildman–Crippen LogP) is 4.18. The lowest BCUT2D eigenvalue weighted by Crippen LogP contribution is -2.06. The summed E-state index contributed by atoms with van der Waals surface area (Å²) in [6, 6.07) is 5.19. The van der Waals surface area contributed by atoms with E-state index in [9.17, 15) is 4.39 Å². The van der Waals surface area contributed by atoms with Crippen LogP contribution >= 0.6 is 0 Å². The van der Waals surface area contributed by atoms with Gasteiger partial charge < -0.3 is 0 Å². The average Bonchev–Trinajstić information content (AvgIpc) is 2.23. The Kier molecular flexibility index (Phi) is 2.85. The summed E-state index contributed by atoms with van der Waals surface area (Å²) in [4.78, 5) is 0. The molecule has 1 heteroatoms. The van der Waals surface area contributed by atoms with E-state index in [2.05, 4.69) is 6.92 Å². The first-order valence-electron chi connectivity index (χ1n) is 5.53. The van der Waals surface area contributed by atoms with Gasteiger partial charge in [0.2, 0.25) is 0 Å². The molecule has 0 aliphatic heterocycles. The van der Waals surface area contributed by atoms with E-state index < -0.39 is 0 Å². The SMILES string of the molecule is Cc1ccc(F)cc1C1CCCCC1. The van der Waals surface area contributed by atoms with Gasteiger partial charge in [0.05, 0.1) is 0 Å². The van der Waals surface area contributed by atoms with E-state index in [1.807, 2.05) is 6.07 Å². The van der Waals surface area contributed by atoms with Crippen LogP contribution in [0.2, 0.25) is 0 Å². The lowest BCUT2D eigenvalue weighted by molar-refractivity contribution is 0.440. The van der Waals surface area contributed by atoms with Crippen molar-refractivity contribution in [2.24, 2.45) is 0 Å². The maximum absolute atomic E-state index is 13.1. The summed E-state index contributed by atoms with van der Waals surface area (Å²) in [6.07, 6.45) is 6.45. The lowest BCUT2D eigenvalue weighted by atomic mass is 9.82. The van der Waals surface area contributed by atoms with Crippen LogP contribution in [-0.4, -0.2) is 0 Å². The van der Waals surface area contributed by atoms with Crippen molar-refractivity contribution in [3.8, 4) is 0 Å². The molecule has 76 valence electrons. The smallest absolute Gasteiger partial charge is 0.123 e. The molecule has 2 rings (SSSR count). The predicted molar refractivity (Wildman–Crippen MR) is 57.0 cm³/mol. The van der Waals surface area contributed by atoms with Gasteiger partial charge >= 0.3 is 0 Å². The van der Waals surface area contributed by atoms with Crippen molar-refractivity contribution in [3.63, 3.8) is 0 Å². The molecule has 0 atom stereocenters. The highest BCUT2D eigenvalue weighted by Gasteiger charge is 2.17. The summed E-state index contributed by atoms with van der Waals surface area (Å²) in [5.74, 6) is 0.524. The average molecular weight is 192 g/mol. The highest BCUT2D eigenvalue weighted by Crippen LogP contribution is 2.34. The molecule has 0 N–H and O–H groups in total. The first kappa shape index (κ1) is 9.70. The third-order valence-corrected chi connectivity index (χ3v) is 3.29. The Morgan fingerprint density at radius 2 is 1.86 bits per heavy atom. The first-order chi connectivity index (χ1) is 6.77. The zero-order chi connectivity index (χ0) is 9.97. The molecular weight excluding hydrogens is 175 g/mol. The minimum Gasteiger partial charge on any atom is -0.207 e. The molecule has 0 spiro atoms. The quantitative estimate of drug-likeness (QED) is 0.626. The van der Waals surface area contributed by atoms with E-state index in [1.54, 1.807) is 12.1 Å². The van der Waals surface area contributed by atoms with E-state index >= 15 is 0 Å². The van der Waals surface area contributed by atoms with Gasteiger partial charge in [-0.05, 0) is 48.9 Å². The number of hydrogen-bond acceptors (Lipinski definition) is 0. The molecule has 0 bridgehead atoms. The number of halogens is 1. The molecule has 0 unspecified atom stereocenters. The van der Waals surface area contributed by atoms with Crippen molar-refractivity contribution in [2.45, 2.75) is 44.9 Å². The first-order valence-corrected chi connectivity index (χ1v) is 5.53. The van der Waals surface area contributed by atoms with Crippen molar-refractivity contribution in [2.75, 3.05) is 0 Å². The highest BCUT2D eigenvalue weighted by atomic mass is 19.1. The molecule has 0 amide bonds. The zero-order valence-corrected chi connectivity index (χ0v) is 8.72.